The van der Waals surface area contributed by atoms with E-state index in [1.807, 2.05) is 0 Å². The van der Waals surface area contributed by atoms with Gasteiger partial charge in [-0.05, 0) is 23.6 Å². The number of fused-ring (bicyclic) bond motifs is 1. The summed E-state index contributed by atoms with van der Waals surface area (Å²) < 4.78 is 0. The van der Waals surface area contributed by atoms with Crippen LogP contribution in [0.4, 0.5) is 0 Å². The van der Waals surface area contributed by atoms with Gasteiger partial charge in [0.25, 0.3) is 0 Å². The molecule has 0 aromatic heterocycles. The van der Waals surface area contributed by atoms with Crippen LogP contribution < -0.4 is 0 Å². The molecule has 0 amide bonds. The van der Waals surface area contributed by atoms with Crippen molar-refractivity contribution in [2.45, 2.75) is 19.8 Å². The molecule has 0 nitrogen and oxygen atoms in total. The second-order valence-electron chi connectivity index (χ2n) is 3.30. The standard InChI is InChI=1S/C11H12.2ClH.Zr/c1-8-7-9(2)11-6-4-3-5-10(8)11;;;/h3-8H,1-2H3;2*1H;/q;;;+2/p-2. The maximum atomic E-state index is 4.93. The minimum absolute atomic E-state index is 0.617. The van der Waals surface area contributed by atoms with Crippen molar-refractivity contribution in [2.24, 2.45) is 0 Å². The van der Waals surface area contributed by atoms with E-state index >= 15 is 0 Å². The zero-order valence-corrected chi connectivity index (χ0v) is 12.2. The number of hydrogen-bond acceptors (Lipinski definition) is 0. The molecule has 1 aliphatic carbocycles. The van der Waals surface area contributed by atoms with Crippen LogP contribution in [0.3, 0.4) is 0 Å². The summed E-state index contributed by atoms with van der Waals surface area (Å²) in [5.41, 5.74) is 4.33. The molecule has 14 heavy (non-hydrogen) atoms. The summed E-state index contributed by atoms with van der Waals surface area (Å²) in [5.74, 6) is 0.617. The van der Waals surface area contributed by atoms with Gasteiger partial charge >= 0.3 is 37.9 Å². The second-order valence-corrected chi connectivity index (χ2v) is 7.03. The quantitative estimate of drug-likeness (QED) is 0.658. The Balaban J connectivity index is 0.000000293. The Hall–Kier alpha value is 0.423. The van der Waals surface area contributed by atoms with Crippen molar-refractivity contribution >= 4 is 22.6 Å². The number of hydrogen-bond donors (Lipinski definition) is 0. The van der Waals surface area contributed by atoms with E-state index in [1.54, 1.807) is 0 Å². The van der Waals surface area contributed by atoms with E-state index in [-0.39, 0.29) is 0 Å². The van der Waals surface area contributed by atoms with Crippen LogP contribution in [0, 0.1) is 0 Å². The van der Waals surface area contributed by atoms with E-state index in [0.717, 1.165) is 0 Å². The monoisotopic (exact) mass is 304 g/mol. The average molecular weight is 306 g/mol. The zero-order chi connectivity index (χ0) is 10.6. The molecular formula is C11H12Cl2Zr. The minimum atomic E-state index is -0.826. The zero-order valence-electron chi connectivity index (χ0n) is 8.22. The van der Waals surface area contributed by atoms with Gasteiger partial charge < -0.3 is 0 Å². The molecule has 1 unspecified atom stereocenters. The topological polar surface area (TPSA) is 0 Å². The Morgan fingerprint density at radius 1 is 1.21 bits per heavy atom. The summed E-state index contributed by atoms with van der Waals surface area (Å²) in [6.45, 7) is 4.43. The van der Waals surface area contributed by atoms with E-state index in [0.29, 0.717) is 5.92 Å². The van der Waals surface area contributed by atoms with E-state index in [1.165, 1.54) is 16.7 Å². The average Bonchev–Trinajstić information content (AvgIpc) is 2.45. The molecule has 0 fully saturated rings. The van der Waals surface area contributed by atoms with Gasteiger partial charge in [-0.15, -0.1) is 0 Å². The summed E-state index contributed by atoms with van der Waals surface area (Å²) >= 11 is -0.826. The number of benzene rings is 1. The van der Waals surface area contributed by atoms with Gasteiger partial charge in [0, 0.05) is 5.92 Å². The van der Waals surface area contributed by atoms with Gasteiger partial charge in [0.1, 0.15) is 0 Å². The Kier molecular flexibility index (Phi) is 5.45. The molecular weight excluding hydrogens is 294 g/mol. The molecule has 1 aromatic carbocycles. The Bertz CT molecular complexity index is 334. The van der Waals surface area contributed by atoms with Crippen LogP contribution in [-0.4, -0.2) is 0 Å². The van der Waals surface area contributed by atoms with Crippen LogP contribution in [0.2, 0.25) is 0 Å². The molecule has 74 valence electrons. The first-order valence-corrected chi connectivity index (χ1v) is 10.8. The van der Waals surface area contributed by atoms with Crippen molar-refractivity contribution in [2.75, 3.05) is 0 Å². The summed E-state index contributed by atoms with van der Waals surface area (Å²) in [5, 5.41) is 0. The van der Waals surface area contributed by atoms with E-state index in [9.17, 15) is 0 Å². The van der Waals surface area contributed by atoms with Crippen LogP contribution in [0.15, 0.2) is 30.3 Å². The van der Waals surface area contributed by atoms with Crippen molar-refractivity contribution in [1.82, 2.24) is 0 Å². The molecule has 1 atom stereocenters. The molecule has 3 heteroatoms. The van der Waals surface area contributed by atoms with Crippen LogP contribution in [0.25, 0.3) is 5.57 Å². The first kappa shape index (κ1) is 12.5. The van der Waals surface area contributed by atoms with Crippen molar-refractivity contribution < 1.29 is 20.8 Å². The number of allylic oxidation sites excluding steroid dienone is 2. The van der Waals surface area contributed by atoms with Crippen LogP contribution in [-0.2, 0) is 20.8 Å². The van der Waals surface area contributed by atoms with Gasteiger partial charge in [0.2, 0.25) is 0 Å². The Labute approximate surface area is 104 Å². The maximum absolute atomic E-state index is 4.93. The molecule has 0 aliphatic heterocycles. The molecule has 0 saturated heterocycles. The number of rotatable bonds is 0. The number of halogens is 2. The molecule has 0 radical (unpaired) electrons. The van der Waals surface area contributed by atoms with Crippen molar-refractivity contribution in [3.8, 4) is 0 Å². The summed E-state index contributed by atoms with van der Waals surface area (Å²) in [7, 11) is 9.87. The summed E-state index contributed by atoms with van der Waals surface area (Å²) in [6, 6.07) is 8.63. The molecule has 1 aromatic rings. The Morgan fingerprint density at radius 3 is 2.36 bits per heavy atom. The van der Waals surface area contributed by atoms with Gasteiger partial charge in [-0.2, -0.15) is 0 Å². The van der Waals surface area contributed by atoms with Crippen LogP contribution >= 0.6 is 17.0 Å². The van der Waals surface area contributed by atoms with E-state index < -0.39 is 20.8 Å². The molecule has 1 aliphatic rings. The second kappa shape index (κ2) is 6.10. The molecule has 0 saturated carbocycles. The van der Waals surface area contributed by atoms with E-state index in [2.05, 4.69) is 44.2 Å². The predicted octanol–water partition coefficient (Wildman–Crippen LogP) is 4.58. The first-order valence-electron chi connectivity index (χ1n) is 4.44. The first-order chi connectivity index (χ1) is 6.70. The fraction of sp³-hybridized carbons (Fsp3) is 0.273. The van der Waals surface area contributed by atoms with Gasteiger partial charge in [-0.25, -0.2) is 0 Å². The normalized spacial score (nSPS) is 17.7. The molecule has 0 spiro atoms. The predicted molar refractivity (Wildman–Crippen MR) is 60.2 cm³/mol. The van der Waals surface area contributed by atoms with Crippen molar-refractivity contribution in [3.63, 3.8) is 0 Å². The fourth-order valence-electron chi connectivity index (χ4n) is 1.81. The van der Waals surface area contributed by atoms with Gasteiger partial charge in [0.05, 0.1) is 0 Å². The van der Waals surface area contributed by atoms with Crippen LogP contribution in [0.1, 0.15) is 30.9 Å². The fourth-order valence-corrected chi connectivity index (χ4v) is 1.81. The third-order valence-corrected chi connectivity index (χ3v) is 2.38. The van der Waals surface area contributed by atoms with E-state index in [4.69, 9.17) is 17.0 Å². The third kappa shape index (κ3) is 2.95. The molecule has 0 N–H and O–H groups in total. The summed E-state index contributed by atoms with van der Waals surface area (Å²) in [6.07, 6.45) is 2.32. The molecule has 0 heterocycles. The molecule has 2 rings (SSSR count). The SMILES string of the molecule is CC1=CC(C)c2ccccc21.[Cl][Zr][Cl]. The summed E-state index contributed by atoms with van der Waals surface area (Å²) in [4.78, 5) is 0. The van der Waals surface area contributed by atoms with Crippen molar-refractivity contribution in [3.05, 3.63) is 41.5 Å². The van der Waals surface area contributed by atoms with Gasteiger partial charge in [-0.1, -0.05) is 37.3 Å². The third-order valence-electron chi connectivity index (χ3n) is 2.38. The molecule has 0 bridgehead atoms. The Morgan fingerprint density at radius 2 is 1.79 bits per heavy atom. The van der Waals surface area contributed by atoms with Crippen LogP contribution in [0.5, 0.6) is 0 Å². The van der Waals surface area contributed by atoms with Gasteiger partial charge in [-0.3, -0.25) is 0 Å². The van der Waals surface area contributed by atoms with Crippen molar-refractivity contribution in [1.29, 1.82) is 0 Å². The van der Waals surface area contributed by atoms with Gasteiger partial charge in [0.15, 0.2) is 0 Å².